The Morgan fingerprint density at radius 2 is 2.22 bits per heavy atom. The molecule has 2 rings (SSSR count). The zero-order chi connectivity index (χ0) is 13.3. The van der Waals surface area contributed by atoms with Gasteiger partial charge in [-0.25, -0.2) is 4.79 Å². The Balaban J connectivity index is 2.77. The van der Waals surface area contributed by atoms with Crippen LogP contribution in [0, 0.1) is 0 Å². The number of alkyl halides is 1. The van der Waals surface area contributed by atoms with Crippen LogP contribution >= 0.6 is 11.6 Å². The molecule has 2 N–H and O–H groups in total. The van der Waals surface area contributed by atoms with Crippen LogP contribution in [0.5, 0.6) is 0 Å². The van der Waals surface area contributed by atoms with E-state index in [2.05, 4.69) is 10.6 Å². The standard InChI is InChI=1S/C10H13ClN4O3/c1-12-8(16)6-7-13-3-5-14(7)10(18)15(4-2-11)9(6)17/h13H,2-5H2,1H3,(H,12,16). The van der Waals surface area contributed by atoms with E-state index in [1.165, 1.54) is 11.6 Å². The number of rotatable bonds is 3. The topological polar surface area (TPSA) is 85.1 Å². The van der Waals surface area contributed by atoms with Crippen molar-refractivity contribution in [3.63, 3.8) is 0 Å². The number of anilines is 1. The maximum absolute atomic E-state index is 12.1. The van der Waals surface area contributed by atoms with Crippen molar-refractivity contribution in [2.45, 2.75) is 13.1 Å². The summed E-state index contributed by atoms with van der Waals surface area (Å²) in [6.07, 6.45) is 0. The van der Waals surface area contributed by atoms with Gasteiger partial charge >= 0.3 is 5.69 Å². The van der Waals surface area contributed by atoms with Crippen molar-refractivity contribution in [3.8, 4) is 0 Å². The zero-order valence-corrected chi connectivity index (χ0v) is 10.6. The quantitative estimate of drug-likeness (QED) is 0.694. The first-order chi connectivity index (χ1) is 8.61. The van der Waals surface area contributed by atoms with Crippen LogP contribution in [-0.2, 0) is 13.1 Å². The number of halogens is 1. The van der Waals surface area contributed by atoms with Crippen molar-refractivity contribution in [2.75, 3.05) is 24.8 Å². The van der Waals surface area contributed by atoms with Crippen molar-refractivity contribution in [3.05, 3.63) is 26.4 Å². The van der Waals surface area contributed by atoms with Crippen LogP contribution in [0.4, 0.5) is 5.82 Å². The number of aromatic nitrogens is 2. The fourth-order valence-electron chi connectivity index (χ4n) is 1.99. The molecule has 0 fully saturated rings. The third-order valence-electron chi connectivity index (χ3n) is 2.82. The van der Waals surface area contributed by atoms with Gasteiger partial charge in [0.05, 0.1) is 0 Å². The molecule has 1 aromatic heterocycles. The second-order valence-electron chi connectivity index (χ2n) is 3.81. The molecule has 1 aliphatic heterocycles. The first-order valence-corrected chi connectivity index (χ1v) is 6.04. The number of hydrogen-bond acceptors (Lipinski definition) is 4. The monoisotopic (exact) mass is 272 g/mol. The van der Waals surface area contributed by atoms with Gasteiger partial charge in [-0.15, -0.1) is 11.6 Å². The molecule has 0 unspecified atom stereocenters. The van der Waals surface area contributed by atoms with Crippen LogP contribution in [0.2, 0.25) is 0 Å². The minimum atomic E-state index is -0.611. The van der Waals surface area contributed by atoms with Crippen molar-refractivity contribution >= 4 is 23.3 Å². The van der Waals surface area contributed by atoms with Gasteiger partial charge < -0.3 is 10.6 Å². The van der Waals surface area contributed by atoms with Gasteiger partial charge in [0.25, 0.3) is 11.5 Å². The van der Waals surface area contributed by atoms with E-state index < -0.39 is 17.2 Å². The summed E-state index contributed by atoms with van der Waals surface area (Å²) < 4.78 is 2.38. The van der Waals surface area contributed by atoms with E-state index in [0.717, 1.165) is 4.57 Å². The lowest BCUT2D eigenvalue weighted by molar-refractivity contribution is 0.0961. The predicted octanol–water partition coefficient (Wildman–Crippen LogP) is -0.966. The normalized spacial score (nSPS) is 13.0. The van der Waals surface area contributed by atoms with E-state index in [1.54, 1.807) is 0 Å². The van der Waals surface area contributed by atoms with E-state index in [-0.39, 0.29) is 23.8 Å². The lowest BCUT2D eigenvalue weighted by atomic mass is 10.2. The Bertz CT molecular complexity index is 604. The van der Waals surface area contributed by atoms with Gasteiger partial charge in [0.15, 0.2) is 0 Å². The molecular formula is C10H13ClN4O3. The fourth-order valence-corrected chi connectivity index (χ4v) is 2.16. The molecule has 0 saturated carbocycles. The van der Waals surface area contributed by atoms with E-state index in [9.17, 15) is 14.4 Å². The Morgan fingerprint density at radius 1 is 1.50 bits per heavy atom. The lowest BCUT2D eigenvalue weighted by Crippen LogP contribution is -2.44. The number of carbonyl (C=O) groups excluding carboxylic acids is 1. The molecule has 0 radical (unpaired) electrons. The predicted molar refractivity (Wildman–Crippen MR) is 67.6 cm³/mol. The summed E-state index contributed by atoms with van der Waals surface area (Å²) >= 11 is 5.57. The molecule has 0 atom stereocenters. The minimum absolute atomic E-state index is 0.0419. The number of amides is 1. The Labute approximate surface area is 107 Å². The van der Waals surface area contributed by atoms with Crippen LogP contribution in [0.25, 0.3) is 0 Å². The maximum Gasteiger partial charge on any atom is 0.332 e. The second-order valence-corrected chi connectivity index (χ2v) is 4.19. The maximum atomic E-state index is 12.1. The van der Waals surface area contributed by atoms with E-state index in [0.29, 0.717) is 13.1 Å². The Hall–Kier alpha value is -1.76. The van der Waals surface area contributed by atoms with E-state index in [4.69, 9.17) is 11.6 Å². The van der Waals surface area contributed by atoms with Gasteiger partial charge in [-0.1, -0.05) is 0 Å². The average Bonchev–Trinajstić information content (AvgIpc) is 2.83. The molecule has 1 aliphatic rings. The number of fused-ring (bicyclic) bond motifs is 1. The van der Waals surface area contributed by atoms with Crippen LogP contribution < -0.4 is 21.9 Å². The molecule has 0 aromatic carbocycles. The summed E-state index contributed by atoms with van der Waals surface area (Å²) in [5, 5.41) is 5.29. The zero-order valence-electron chi connectivity index (χ0n) is 9.83. The minimum Gasteiger partial charge on any atom is -0.369 e. The fraction of sp³-hybridized carbons (Fsp3) is 0.500. The summed E-state index contributed by atoms with van der Waals surface area (Å²) in [5.41, 5.74) is -1.09. The molecule has 0 saturated heterocycles. The van der Waals surface area contributed by atoms with Gasteiger partial charge in [0.2, 0.25) is 0 Å². The van der Waals surface area contributed by atoms with E-state index >= 15 is 0 Å². The summed E-state index contributed by atoms with van der Waals surface area (Å²) in [7, 11) is 1.44. The Kier molecular flexibility index (Phi) is 3.42. The summed E-state index contributed by atoms with van der Waals surface area (Å²) in [5.74, 6) is -0.0913. The number of nitrogens with zero attached hydrogens (tertiary/aromatic N) is 2. The summed E-state index contributed by atoms with van der Waals surface area (Å²) in [6.45, 7) is 1.04. The molecule has 7 nitrogen and oxygen atoms in total. The molecule has 0 spiro atoms. The molecule has 98 valence electrons. The second kappa shape index (κ2) is 4.85. The number of carbonyl (C=O) groups is 1. The lowest BCUT2D eigenvalue weighted by Gasteiger charge is -2.11. The van der Waals surface area contributed by atoms with Gasteiger partial charge in [0.1, 0.15) is 11.4 Å². The molecule has 8 heteroatoms. The van der Waals surface area contributed by atoms with Crippen molar-refractivity contribution in [1.29, 1.82) is 0 Å². The van der Waals surface area contributed by atoms with Gasteiger partial charge in [-0.05, 0) is 0 Å². The average molecular weight is 273 g/mol. The molecule has 0 bridgehead atoms. The third-order valence-corrected chi connectivity index (χ3v) is 2.99. The molecule has 1 aromatic rings. The van der Waals surface area contributed by atoms with Gasteiger partial charge in [-0.3, -0.25) is 18.7 Å². The van der Waals surface area contributed by atoms with Gasteiger partial charge in [-0.2, -0.15) is 0 Å². The summed E-state index contributed by atoms with van der Waals surface area (Å²) in [4.78, 5) is 35.9. The highest BCUT2D eigenvalue weighted by molar-refractivity contribution is 6.17. The molecule has 18 heavy (non-hydrogen) atoms. The van der Waals surface area contributed by atoms with Crippen LogP contribution in [0.1, 0.15) is 10.4 Å². The molecular weight excluding hydrogens is 260 g/mol. The highest BCUT2D eigenvalue weighted by Gasteiger charge is 2.25. The number of nitrogens with one attached hydrogen (secondary N) is 2. The van der Waals surface area contributed by atoms with Gasteiger partial charge in [0, 0.05) is 32.6 Å². The third kappa shape index (κ3) is 1.80. The highest BCUT2D eigenvalue weighted by atomic mass is 35.5. The molecule has 1 amide bonds. The van der Waals surface area contributed by atoms with Crippen molar-refractivity contribution < 1.29 is 4.79 Å². The summed E-state index contributed by atoms with van der Waals surface area (Å²) in [6, 6.07) is 0. The molecule has 2 heterocycles. The molecule has 0 aliphatic carbocycles. The first-order valence-electron chi connectivity index (χ1n) is 5.51. The van der Waals surface area contributed by atoms with E-state index in [1.807, 2.05) is 0 Å². The first kappa shape index (κ1) is 12.7. The largest absolute Gasteiger partial charge is 0.369 e. The SMILES string of the molecule is CNC(=O)c1c2n(c(=O)n(CCCl)c1=O)CCN2. The van der Waals surface area contributed by atoms with Crippen molar-refractivity contribution in [1.82, 2.24) is 14.5 Å². The Morgan fingerprint density at radius 3 is 2.83 bits per heavy atom. The number of hydrogen-bond donors (Lipinski definition) is 2. The smallest absolute Gasteiger partial charge is 0.332 e. The van der Waals surface area contributed by atoms with Crippen LogP contribution in [0.3, 0.4) is 0 Å². The van der Waals surface area contributed by atoms with Crippen LogP contribution in [-0.4, -0.2) is 34.5 Å². The van der Waals surface area contributed by atoms with Crippen molar-refractivity contribution in [2.24, 2.45) is 0 Å². The van der Waals surface area contributed by atoms with Crippen LogP contribution in [0.15, 0.2) is 9.59 Å². The highest BCUT2D eigenvalue weighted by Crippen LogP contribution is 2.14.